The third kappa shape index (κ3) is 2.32. The van der Waals surface area contributed by atoms with Gasteiger partial charge in [0.15, 0.2) is 0 Å². The molecule has 0 aliphatic carbocycles. The van der Waals surface area contributed by atoms with Gasteiger partial charge in [-0.25, -0.2) is 9.97 Å². The van der Waals surface area contributed by atoms with Gasteiger partial charge in [0.2, 0.25) is 0 Å². The van der Waals surface area contributed by atoms with Crippen molar-refractivity contribution in [3.63, 3.8) is 0 Å². The van der Waals surface area contributed by atoms with Crippen molar-refractivity contribution in [2.75, 3.05) is 24.6 Å². The van der Waals surface area contributed by atoms with Gasteiger partial charge >= 0.3 is 0 Å². The number of ether oxygens (including phenoxy) is 1. The quantitative estimate of drug-likeness (QED) is 0.763. The Morgan fingerprint density at radius 3 is 3.06 bits per heavy atom. The van der Waals surface area contributed by atoms with Crippen molar-refractivity contribution >= 4 is 5.82 Å². The van der Waals surface area contributed by atoms with Crippen LogP contribution >= 0.6 is 0 Å². The van der Waals surface area contributed by atoms with Crippen molar-refractivity contribution in [2.45, 2.75) is 32.8 Å². The van der Waals surface area contributed by atoms with E-state index >= 15 is 0 Å². The highest BCUT2D eigenvalue weighted by molar-refractivity contribution is 5.38. The summed E-state index contributed by atoms with van der Waals surface area (Å²) in [5.41, 5.74) is -0.0445. The van der Waals surface area contributed by atoms with Gasteiger partial charge in [0.25, 0.3) is 0 Å². The number of morpholine rings is 1. The normalized spacial score (nSPS) is 25.8. The molecule has 16 heavy (non-hydrogen) atoms. The molecular formula is C12H19N3O. The second-order valence-electron chi connectivity index (χ2n) is 4.54. The van der Waals surface area contributed by atoms with E-state index in [0.717, 1.165) is 37.8 Å². The van der Waals surface area contributed by atoms with E-state index in [2.05, 4.69) is 28.7 Å². The number of anilines is 1. The molecule has 1 saturated heterocycles. The van der Waals surface area contributed by atoms with Gasteiger partial charge in [0.05, 0.1) is 12.2 Å². The van der Waals surface area contributed by atoms with Gasteiger partial charge in [-0.3, -0.25) is 0 Å². The van der Waals surface area contributed by atoms with Crippen LogP contribution in [0, 0.1) is 6.92 Å². The highest BCUT2D eigenvalue weighted by Crippen LogP contribution is 2.24. The van der Waals surface area contributed by atoms with E-state index in [4.69, 9.17) is 4.74 Å². The van der Waals surface area contributed by atoms with Crippen LogP contribution < -0.4 is 4.90 Å². The van der Waals surface area contributed by atoms with Gasteiger partial charge in [-0.15, -0.1) is 0 Å². The van der Waals surface area contributed by atoms with Gasteiger partial charge in [-0.05, 0) is 26.3 Å². The SMILES string of the molecule is CCC1(C)CN(c2ccnc(C)n2)CCO1. The number of aryl methyl sites for hydroxylation is 1. The molecule has 1 aromatic rings. The van der Waals surface area contributed by atoms with Crippen molar-refractivity contribution in [1.82, 2.24) is 9.97 Å². The summed E-state index contributed by atoms with van der Waals surface area (Å²) in [4.78, 5) is 10.9. The molecule has 1 aromatic heterocycles. The molecule has 0 aromatic carbocycles. The molecule has 4 nitrogen and oxygen atoms in total. The summed E-state index contributed by atoms with van der Waals surface area (Å²) in [6.45, 7) is 8.82. The van der Waals surface area contributed by atoms with Gasteiger partial charge in [-0.1, -0.05) is 6.92 Å². The minimum Gasteiger partial charge on any atom is -0.372 e. The molecule has 88 valence electrons. The summed E-state index contributed by atoms with van der Waals surface area (Å²) in [5, 5.41) is 0. The van der Waals surface area contributed by atoms with Crippen LogP contribution in [0.15, 0.2) is 12.3 Å². The maximum absolute atomic E-state index is 5.81. The number of aromatic nitrogens is 2. The summed E-state index contributed by atoms with van der Waals surface area (Å²) < 4.78 is 5.81. The Bertz CT molecular complexity index is 369. The first kappa shape index (κ1) is 11.3. The van der Waals surface area contributed by atoms with Crippen LogP contribution in [0.1, 0.15) is 26.1 Å². The van der Waals surface area contributed by atoms with Crippen molar-refractivity contribution in [3.05, 3.63) is 18.1 Å². The maximum Gasteiger partial charge on any atom is 0.132 e. The first-order valence-electron chi connectivity index (χ1n) is 5.81. The van der Waals surface area contributed by atoms with E-state index in [9.17, 15) is 0 Å². The molecule has 2 rings (SSSR count). The second-order valence-corrected chi connectivity index (χ2v) is 4.54. The molecule has 0 bridgehead atoms. The zero-order valence-electron chi connectivity index (χ0n) is 10.2. The second kappa shape index (κ2) is 4.37. The first-order valence-corrected chi connectivity index (χ1v) is 5.81. The number of hydrogen-bond donors (Lipinski definition) is 0. The van der Waals surface area contributed by atoms with Crippen LogP contribution in [0.2, 0.25) is 0 Å². The fourth-order valence-electron chi connectivity index (χ4n) is 1.96. The smallest absolute Gasteiger partial charge is 0.132 e. The molecule has 2 heterocycles. The average molecular weight is 221 g/mol. The van der Waals surface area contributed by atoms with Crippen LogP contribution in [0.5, 0.6) is 0 Å². The zero-order valence-corrected chi connectivity index (χ0v) is 10.2. The van der Waals surface area contributed by atoms with Crippen molar-refractivity contribution < 1.29 is 4.74 Å². The minimum absolute atomic E-state index is 0.0445. The predicted octanol–water partition coefficient (Wildman–Crippen LogP) is 1.79. The van der Waals surface area contributed by atoms with Crippen molar-refractivity contribution in [3.8, 4) is 0 Å². The Labute approximate surface area is 96.7 Å². The molecule has 1 aliphatic rings. The lowest BCUT2D eigenvalue weighted by molar-refractivity contribution is -0.0443. The van der Waals surface area contributed by atoms with Crippen LogP contribution in [-0.4, -0.2) is 35.3 Å². The van der Waals surface area contributed by atoms with Gasteiger partial charge < -0.3 is 9.64 Å². The van der Waals surface area contributed by atoms with Crippen LogP contribution in [0.25, 0.3) is 0 Å². The predicted molar refractivity (Wildman–Crippen MR) is 63.6 cm³/mol. The summed E-state index contributed by atoms with van der Waals surface area (Å²) in [6.07, 6.45) is 2.84. The number of hydrogen-bond acceptors (Lipinski definition) is 4. The zero-order chi connectivity index (χ0) is 11.6. The van der Waals surface area contributed by atoms with Crippen LogP contribution in [-0.2, 0) is 4.74 Å². The highest BCUT2D eigenvalue weighted by Gasteiger charge is 2.30. The van der Waals surface area contributed by atoms with E-state index < -0.39 is 0 Å². The molecule has 1 atom stereocenters. The van der Waals surface area contributed by atoms with Crippen LogP contribution in [0.3, 0.4) is 0 Å². The molecule has 0 spiro atoms. The summed E-state index contributed by atoms with van der Waals surface area (Å²) in [7, 11) is 0. The Morgan fingerprint density at radius 2 is 2.38 bits per heavy atom. The maximum atomic E-state index is 5.81. The first-order chi connectivity index (χ1) is 7.63. The largest absolute Gasteiger partial charge is 0.372 e. The van der Waals surface area contributed by atoms with E-state index in [-0.39, 0.29) is 5.60 Å². The molecule has 0 radical (unpaired) electrons. The monoisotopic (exact) mass is 221 g/mol. The standard InChI is InChI=1S/C12H19N3O/c1-4-12(3)9-15(7-8-16-12)11-5-6-13-10(2)14-11/h5-6H,4,7-9H2,1-3H3. The van der Waals surface area contributed by atoms with Crippen molar-refractivity contribution in [1.29, 1.82) is 0 Å². The van der Waals surface area contributed by atoms with Gasteiger partial charge in [0.1, 0.15) is 11.6 Å². The molecule has 0 saturated carbocycles. The fraction of sp³-hybridized carbons (Fsp3) is 0.667. The molecule has 1 unspecified atom stereocenters. The Balaban J connectivity index is 2.16. The molecule has 0 N–H and O–H groups in total. The molecule has 1 aliphatic heterocycles. The topological polar surface area (TPSA) is 38.2 Å². The minimum atomic E-state index is -0.0445. The number of rotatable bonds is 2. The van der Waals surface area contributed by atoms with E-state index in [1.54, 1.807) is 0 Å². The Kier molecular flexibility index (Phi) is 3.10. The molecule has 1 fully saturated rings. The fourth-order valence-corrected chi connectivity index (χ4v) is 1.96. The summed E-state index contributed by atoms with van der Waals surface area (Å²) in [6, 6.07) is 1.97. The number of nitrogens with zero attached hydrogens (tertiary/aromatic N) is 3. The third-order valence-electron chi connectivity index (χ3n) is 3.17. The third-order valence-corrected chi connectivity index (χ3v) is 3.17. The lowest BCUT2D eigenvalue weighted by atomic mass is 10.0. The Hall–Kier alpha value is -1.16. The average Bonchev–Trinajstić information content (AvgIpc) is 2.29. The summed E-state index contributed by atoms with van der Waals surface area (Å²) in [5.74, 6) is 1.83. The van der Waals surface area contributed by atoms with Crippen molar-refractivity contribution in [2.24, 2.45) is 0 Å². The van der Waals surface area contributed by atoms with Crippen LogP contribution in [0.4, 0.5) is 5.82 Å². The van der Waals surface area contributed by atoms with Gasteiger partial charge in [-0.2, -0.15) is 0 Å². The molecule has 0 amide bonds. The van der Waals surface area contributed by atoms with E-state index in [0.29, 0.717) is 0 Å². The Morgan fingerprint density at radius 1 is 1.56 bits per heavy atom. The molecule has 4 heteroatoms. The van der Waals surface area contributed by atoms with E-state index in [1.165, 1.54) is 0 Å². The highest BCUT2D eigenvalue weighted by atomic mass is 16.5. The van der Waals surface area contributed by atoms with Gasteiger partial charge in [0, 0.05) is 19.3 Å². The van der Waals surface area contributed by atoms with E-state index in [1.807, 2.05) is 19.2 Å². The lowest BCUT2D eigenvalue weighted by Crippen LogP contribution is -2.50. The molecular weight excluding hydrogens is 202 g/mol. The summed E-state index contributed by atoms with van der Waals surface area (Å²) >= 11 is 0. The lowest BCUT2D eigenvalue weighted by Gasteiger charge is -2.40.